The van der Waals surface area contributed by atoms with Crippen LogP contribution in [0.25, 0.3) is 10.1 Å². The molecule has 1 fully saturated rings. The Kier molecular flexibility index (Phi) is 5.62. The van der Waals surface area contributed by atoms with Crippen molar-refractivity contribution < 1.29 is 14.6 Å². The Morgan fingerprint density at radius 1 is 1.18 bits per heavy atom. The van der Waals surface area contributed by atoms with Crippen LogP contribution in [0.2, 0.25) is 0 Å². The van der Waals surface area contributed by atoms with Crippen molar-refractivity contribution in [2.75, 3.05) is 26.3 Å². The summed E-state index contributed by atoms with van der Waals surface area (Å²) in [7, 11) is 0. The first-order chi connectivity index (χ1) is 13.6. The van der Waals surface area contributed by atoms with E-state index in [0.717, 1.165) is 48.5 Å². The second kappa shape index (κ2) is 8.31. The van der Waals surface area contributed by atoms with Crippen LogP contribution in [0, 0.1) is 6.92 Å². The van der Waals surface area contributed by atoms with Gasteiger partial charge in [-0.1, -0.05) is 29.8 Å². The number of carbonyl (C=O) groups excluding carboxylic acids is 1. The number of ether oxygens (including phenoxy) is 1. The second-order valence-electron chi connectivity index (χ2n) is 7.14. The number of fused-ring (bicyclic) bond motifs is 1. The molecule has 0 radical (unpaired) electrons. The van der Waals surface area contributed by atoms with Crippen LogP contribution < -0.4 is 5.32 Å². The van der Waals surface area contributed by atoms with Gasteiger partial charge in [0.15, 0.2) is 0 Å². The molecule has 1 saturated heterocycles. The molecule has 146 valence electrons. The van der Waals surface area contributed by atoms with Crippen LogP contribution in [0.4, 0.5) is 0 Å². The Balaban J connectivity index is 1.48. The van der Waals surface area contributed by atoms with Gasteiger partial charge in [-0.15, -0.1) is 11.3 Å². The number of amides is 1. The van der Waals surface area contributed by atoms with Crippen molar-refractivity contribution in [3.63, 3.8) is 0 Å². The van der Waals surface area contributed by atoms with Gasteiger partial charge in [0.25, 0.3) is 5.91 Å². The van der Waals surface area contributed by atoms with Gasteiger partial charge in [-0.05, 0) is 30.7 Å². The predicted molar refractivity (Wildman–Crippen MR) is 112 cm³/mol. The van der Waals surface area contributed by atoms with Gasteiger partial charge >= 0.3 is 0 Å². The van der Waals surface area contributed by atoms with Crippen LogP contribution in [-0.4, -0.2) is 42.2 Å². The number of morpholine rings is 1. The fourth-order valence-corrected chi connectivity index (χ4v) is 4.48. The number of thiophene rings is 1. The van der Waals surface area contributed by atoms with Gasteiger partial charge in [0, 0.05) is 41.1 Å². The molecule has 1 amide bonds. The Morgan fingerprint density at radius 3 is 2.68 bits per heavy atom. The minimum absolute atomic E-state index is 0.0587. The maximum atomic E-state index is 12.6. The number of nitrogens with zero attached hydrogens (tertiary/aromatic N) is 1. The summed E-state index contributed by atoms with van der Waals surface area (Å²) in [5.74, 6) is -0.204. The number of phenols is 1. The van der Waals surface area contributed by atoms with Gasteiger partial charge in [0.1, 0.15) is 5.75 Å². The van der Waals surface area contributed by atoms with Gasteiger partial charge in [-0.3, -0.25) is 9.69 Å². The van der Waals surface area contributed by atoms with E-state index in [1.807, 2.05) is 43.3 Å². The number of hydrogen-bond donors (Lipinski definition) is 2. The van der Waals surface area contributed by atoms with Gasteiger partial charge in [-0.25, -0.2) is 0 Å². The minimum atomic E-state index is -0.263. The molecule has 4 rings (SSSR count). The van der Waals surface area contributed by atoms with E-state index in [4.69, 9.17) is 4.74 Å². The van der Waals surface area contributed by atoms with Crippen molar-refractivity contribution in [1.29, 1.82) is 0 Å². The maximum Gasteiger partial charge on any atom is 0.255 e. The van der Waals surface area contributed by atoms with Crippen LogP contribution in [0.1, 0.15) is 26.4 Å². The van der Waals surface area contributed by atoms with Crippen molar-refractivity contribution >= 4 is 27.3 Å². The van der Waals surface area contributed by atoms with Crippen molar-refractivity contribution in [3.8, 4) is 5.75 Å². The number of aryl methyl sites for hydroxylation is 1. The number of phenolic OH excluding ortho intramolecular Hbond substituents is 1. The molecule has 6 heteroatoms. The third kappa shape index (κ3) is 4.19. The fourth-order valence-electron chi connectivity index (χ4n) is 3.37. The lowest BCUT2D eigenvalue weighted by atomic mass is 10.1. The molecule has 2 aromatic carbocycles. The molecule has 1 aromatic heterocycles. The van der Waals surface area contributed by atoms with Gasteiger partial charge in [0.05, 0.1) is 18.8 Å². The highest BCUT2D eigenvalue weighted by molar-refractivity contribution is 7.19. The Bertz CT molecular complexity index is 975. The summed E-state index contributed by atoms with van der Waals surface area (Å²) in [4.78, 5) is 16.1. The zero-order valence-electron chi connectivity index (χ0n) is 15.9. The molecule has 0 aliphatic carbocycles. The molecule has 3 aromatic rings. The molecular weight excluding hydrogens is 372 g/mol. The predicted octanol–water partition coefficient (Wildman–Crippen LogP) is 3.68. The number of benzene rings is 2. The van der Waals surface area contributed by atoms with E-state index >= 15 is 0 Å². The van der Waals surface area contributed by atoms with E-state index in [2.05, 4.69) is 10.2 Å². The van der Waals surface area contributed by atoms with Gasteiger partial charge < -0.3 is 15.2 Å². The first kappa shape index (κ1) is 18.9. The molecule has 1 aliphatic heterocycles. The smallest absolute Gasteiger partial charge is 0.255 e. The summed E-state index contributed by atoms with van der Waals surface area (Å²) in [5.41, 5.74) is 2.53. The summed E-state index contributed by atoms with van der Waals surface area (Å²) in [6.45, 7) is 6.69. The topological polar surface area (TPSA) is 61.8 Å². The number of hydrogen-bond acceptors (Lipinski definition) is 5. The Morgan fingerprint density at radius 2 is 1.93 bits per heavy atom. The van der Waals surface area contributed by atoms with Crippen LogP contribution in [-0.2, 0) is 17.8 Å². The molecular formula is C22H24N2O3S. The molecule has 5 nitrogen and oxygen atoms in total. The van der Waals surface area contributed by atoms with Crippen molar-refractivity contribution in [2.45, 2.75) is 20.0 Å². The molecule has 28 heavy (non-hydrogen) atoms. The number of nitrogens with one attached hydrogen (secondary N) is 1. The molecule has 0 saturated carbocycles. The Labute approximate surface area is 168 Å². The lowest BCUT2D eigenvalue weighted by Crippen LogP contribution is -2.35. The van der Waals surface area contributed by atoms with Crippen molar-refractivity contribution in [1.82, 2.24) is 10.2 Å². The lowest BCUT2D eigenvalue weighted by Gasteiger charge is -2.25. The third-order valence-corrected chi connectivity index (χ3v) is 6.11. The first-order valence-corrected chi connectivity index (χ1v) is 10.3. The molecule has 2 N–H and O–H groups in total. The SMILES string of the molecule is Cc1ccc(CNC(=O)c2ccc3sc(CN4CCOCC4)cc3c2O)cc1. The summed E-state index contributed by atoms with van der Waals surface area (Å²) < 4.78 is 6.39. The zero-order valence-corrected chi connectivity index (χ0v) is 16.7. The normalized spacial score (nSPS) is 15.0. The van der Waals surface area contributed by atoms with E-state index in [0.29, 0.717) is 12.1 Å². The molecule has 0 atom stereocenters. The monoisotopic (exact) mass is 396 g/mol. The van der Waals surface area contributed by atoms with E-state index < -0.39 is 0 Å². The van der Waals surface area contributed by atoms with Crippen molar-refractivity contribution in [3.05, 3.63) is 64.0 Å². The van der Waals surface area contributed by atoms with E-state index in [9.17, 15) is 9.90 Å². The largest absolute Gasteiger partial charge is 0.506 e. The molecule has 0 spiro atoms. The van der Waals surface area contributed by atoms with E-state index in [1.165, 1.54) is 10.4 Å². The van der Waals surface area contributed by atoms with Crippen molar-refractivity contribution in [2.24, 2.45) is 0 Å². The third-order valence-electron chi connectivity index (χ3n) is 5.02. The Hall–Kier alpha value is -2.41. The highest BCUT2D eigenvalue weighted by Gasteiger charge is 2.17. The van der Waals surface area contributed by atoms with Crippen LogP contribution >= 0.6 is 11.3 Å². The standard InChI is InChI=1S/C22H24N2O3S/c1-15-2-4-16(5-3-15)13-23-22(26)18-6-7-20-19(21(18)25)12-17(28-20)14-24-8-10-27-11-9-24/h2-7,12,25H,8-11,13-14H2,1H3,(H,23,26). The first-order valence-electron chi connectivity index (χ1n) is 9.48. The van der Waals surface area contributed by atoms with Crippen LogP contribution in [0.3, 0.4) is 0 Å². The lowest BCUT2D eigenvalue weighted by molar-refractivity contribution is 0.0346. The zero-order chi connectivity index (χ0) is 19.5. The average Bonchev–Trinajstić information content (AvgIpc) is 3.12. The molecule has 2 heterocycles. The van der Waals surface area contributed by atoms with E-state index in [-0.39, 0.29) is 11.7 Å². The highest BCUT2D eigenvalue weighted by atomic mass is 32.1. The average molecular weight is 397 g/mol. The minimum Gasteiger partial charge on any atom is -0.506 e. The quantitative estimate of drug-likeness (QED) is 0.691. The highest BCUT2D eigenvalue weighted by Crippen LogP contribution is 2.35. The maximum absolute atomic E-state index is 12.6. The summed E-state index contributed by atoms with van der Waals surface area (Å²) in [6, 6.07) is 13.7. The van der Waals surface area contributed by atoms with Crippen LogP contribution in [0.5, 0.6) is 5.75 Å². The molecule has 0 unspecified atom stereocenters. The number of aromatic hydroxyl groups is 1. The van der Waals surface area contributed by atoms with Gasteiger partial charge in [0.2, 0.25) is 0 Å². The fraction of sp³-hybridized carbons (Fsp3) is 0.318. The van der Waals surface area contributed by atoms with Gasteiger partial charge in [-0.2, -0.15) is 0 Å². The number of carbonyl (C=O) groups is 1. The summed E-state index contributed by atoms with van der Waals surface area (Å²) in [5, 5.41) is 14.3. The molecule has 1 aliphatic rings. The van der Waals surface area contributed by atoms with E-state index in [1.54, 1.807) is 17.4 Å². The summed E-state index contributed by atoms with van der Waals surface area (Å²) in [6.07, 6.45) is 0. The molecule has 0 bridgehead atoms. The second-order valence-corrected chi connectivity index (χ2v) is 8.31. The number of rotatable bonds is 5. The van der Waals surface area contributed by atoms with Crippen LogP contribution in [0.15, 0.2) is 42.5 Å². The summed E-state index contributed by atoms with van der Waals surface area (Å²) >= 11 is 1.66.